The molecule has 7 aromatic rings. The SMILES string of the molecule is O=S(=O)(O)c1ccc(-c2c3nc(c(-c4ccc(S(=O)(=O)O)cc4)c4ccc([nH]4)c(-c4ccc(S(=O)(=O)O)cc4)c4nc(c(-c5ccc(S(=O)(=O)O)cc5)c5ccc2[nH]5)C=C4)C=C3)cc1.[Na+].[Na+].[Na+].[Na+]. The van der Waals surface area contributed by atoms with E-state index >= 15 is 0 Å². The zero-order chi connectivity index (χ0) is 45.3. The molecule has 16 nitrogen and oxygen atoms in total. The topological polar surface area (TPSA) is 275 Å². The minimum Gasteiger partial charge on any atom is -0.354 e. The molecule has 0 saturated heterocycles. The van der Waals surface area contributed by atoms with Crippen LogP contribution in [0.5, 0.6) is 0 Å². The predicted octanol–water partition coefficient (Wildman–Crippen LogP) is -3.67. The first-order chi connectivity index (χ1) is 30.2. The van der Waals surface area contributed by atoms with Crippen LogP contribution in [0.4, 0.5) is 0 Å². The van der Waals surface area contributed by atoms with E-state index in [4.69, 9.17) is 9.97 Å². The third kappa shape index (κ3) is 11.6. The molecule has 6 N–H and O–H groups in total. The van der Waals surface area contributed by atoms with Gasteiger partial charge in [-0.2, -0.15) is 33.7 Å². The van der Waals surface area contributed by atoms with Gasteiger partial charge in [-0.25, -0.2) is 9.97 Å². The van der Waals surface area contributed by atoms with Crippen LogP contribution in [-0.2, 0) is 40.5 Å². The summed E-state index contributed by atoms with van der Waals surface area (Å²) in [6.07, 6.45) is 6.92. The van der Waals surface area contributed by atoms with Crippen molar-refractivity contribution in [3.63, 3.8) is 0 Å². The Hall–Kier alpha value is -2.88. The number of H-pyrrole nitrogens is 2. The zero-order valence-electron chi connectivity index (χ0n) is 36.4. The van der Waals surface area contributed by atoms with Crippen molar-refractivity contribution in [2.45, 2.75) is 19.6 Å². The fourth-order valence-corrected chi connectivity index (χ4v) is 9.51. The van der Waals surface area contributed by atoms with Gasteiger partial charge in [0.25, 0.3) is 40.5 Å². The normalized spacial score (nSPS) is 12.3. The van der Waals surface area contributed by atoms with E-state index in [0.29, 0.717) is 89.4 Å². The van der Waals surface area contributed by atoms with Gasteiger partial charge in [0.05, 0.1) is 42.4 Å². The maximum absolute atomic E-state index is 12.0. The van der Waals surface area contributed by atoms with Crippen LogP contribution in [0.1, 0.15) is 22.8 Å². The molecule has 0 spiro atoms. The Morgan fingerprint density at radius 3 is 0.632 bits per heavy atom. The second kappa shape index (κ2) is 21.5. The van der Waals surface area contributed by atoms with E-state index < -0.39 is 40.5 Å². The molecule has 0 saturated carbocycles. The van der Waals surface area contributed by atoms with E-state index in [1.165, 1.54) is 97.1 Å². The molecule has 0 radical (unpaired) electrons. The van der Waals surface area contributed by atoms with Crippen LogP contribution in [0, 0.1) is 0 Å². The smallest absolute Gasteiger partial charge is 0.354 e. The summed E-state index contributed by atoms with van der Waals surface area (Å²) in [6.45, 7) is 0. The number of aromatic nitrogens is 4. The van der Waals surface area contributed by atoms with Crippen molar-refractivity contribution in [3.05, 3.63) is 144 Å². The van der Waals surface area contributed by atoms with Crippen LogP contribution in [0.3, 0.4) is 0 Å². The van der Waals surface area contributed by atoms with Gasteiger partial charge in [-0.3, -0.25) is 18.2 Å². The summed E-state index contributed by atoms with van der Waals surface area (Å²) in [5.74, 6) is 0. The summed E-state index contributed by atoms with van der Waals surface area (Å²) in [4.78, 5) is 15.6. The first-order valence-electron chi connectivity index (χ1n) is 18.7. The number of nitrogens with one attached hydrogen (secondary N) is 2. The number of hydrogen-bond donors (Lipinski definition) is 6. The van der Waals surface area contributed by atoms with Crippen molar-refractivity contribution >= 4 is 86.8 Å². The van der Waals surface area contributed by atoms with E-state index in [9.17, 15) is 51.9 Å². The number of nitrogens with zero attached hydrogens (tertiary/aromatic N) is 2. The van der Waals surface area contributed by atoms with E-state index in [2.05, 4.69) is 9.97 Å². The molecule has 0 fully saturated rings. The number of aromatic amines is 2. The summed E-state index contributed by atoms with van der Waals surface area (Å²) in [7, 11) is -18.2. The van der Waals surface area contributed by atoms with E-state index in [-0.39, 0.29) is 138 Å². The maximum Gasteiger partial charge on any atom is 1.00 e. The minimum absolute atomic E-state index is 0. The van der Waals surface area contributed by atoms with Crippen molar-refractivity contribution in [2.24, 2.45) is 0 Å². The average molecular weight is 1030 g/mol. The molecule has 0 atom stereocenters. The van der Waals surface area contributed by atoms with Gasteiger partial charge >= 0.3 is 118 Å². The van der Waals surface area contributed by atoms with Crippen molar-refractivity contribution < 1.29 is 170 Å². The van der Waals surface area contributed by atoms with Gasteiger partial charge in [-0.05, 0) is 119 Å². The first-order valence-corrected chi connectivity index (χ1v) is 24.5. The summed E-state index contributed by atoms with van der Waals surface area (Å²) >= 11 is 0. The molecule has 5 heterocycles. The molecule has 9 rings (SSSR count). The molecular weight excluding hydrogens is 997 g/mol. The summed E-state index contributed by atoms with van der Waals surface area (Å²) < 4.78 is 135. The first kappa shape index (κ1) is 56.0. The van der Waals surface area contributed by atoms with Gasteiger partial charge in [0, 0.05) is 44.3 Å². The van der Waals surface area contributed by atoms with Gasteiger partial charge in [0.1, 0.15) is 0 Å². The van der Waals surface area contributed by atoms with Crippen molar-refractivity contribution in [2.75, 3.05) is 0 Å². The summed E-state index contributed by atoms with van der Waals surface area (Å²) in [6, 6.07) is 29.0. The van der Waals surface area contributed by atoms with E-state index in [1.807, 2.05) is 0 Å². The molecule has 0 unspecified atom stereocenters. The second-order valence-electron chi connectivity index (χ2n) is 14.5. The summed E-state index contributed by atoms with van der Waals surface area (Å²) in [5, 5.41) is 0. The van der Waals surface area contributed by atoms with E-state index in [0.717, 1.165) is 0 Å². The average Bonchev–Trinajstić information content (AvgIpc) is 4.08. The van der Waals surface area contributed by atoms with Crippen molar-refractivity contribution in [3.8, 4) is 44.5 Å². The van der Waals surface area contributed by atoms with Crippen LogP contribution in [0.25, 0.3) is 90.9 Å². The Bertz CT molecular complexity index is 3320. The molecule has 3 aromatic heterocycles. The third-order valence-electron chi connectivity index (χ3n) is 10.5. The van der Waals surface area contributed by atoms with Crippen LogP contribution in [-0.4, -0.2) is 71.8 Å². The standard InChI is InChI=1S/C44H30N4O12S4.4Na/c49-61(50,51)29-9-1-25(2-10-29)41-33-17-19-35(45-33)42(26-3-11-30(12-4-26)62(52,53)54)37-21-23-39(47-37)44(28-7-15-32(16-8-28)64(58,59)60)40-24-22-38(48-40)43(36-20-18-34(41)46-36)27-5-13-31(14-6-27)63(55,56)57;;;;/h1-24,45,48H,(H,49,50,51)(H,52,53,54)(H,55,56,57)(H,58,59,60);;;;/q;4*+1. The van der Waals surface area contributed by atoms with Gasteiger partial charge < -0.3 is 9.97 Å². The van der Waals surface area contributed by atoms with E-state index in [1.54, 1.807) is 48.6 Å². The van der Waals surface area contributed by atoms with Crippen LogP contribution in [0.15, 0.2) is 141 Å². The van der Waals surface area contributed by atoms with Gasteiger partial charge in [0.15, 0.2) is 0 Å². The quantitative estimate of drug-likeness (QED) is 0.0633. The fourth-order valence-electron chi connectivity index (χ4n) is 7.59. The molecular formula is C44H30N4Na4O12S4+4. The monoisotopic (exact) mass is 1030 g/mol. The number of hydrogen-bond acceptors (Lipinski definition) is 10. The largest absolute Gasteiger partial charge is 1.00 e. The minimum atomic E-state index is -4.55. The van der Waals surface area contributed by atoms with Crippen LogP contribution in [0.2, 0.25) is 0 Å². The Morgan fingerprint density at radius 2 is 0.471 bits per heavy atom. The number of benzene rings is 4. The van der Waals surface area contributed by atoms with Gasteiger partial charge in [0.2, 0.25) is 0 Å². The number of rotatable bonds is 8. The van der Waals surface area contributed by atoms with Crippen molar-refractivity contribution in [1.82, 2.24) is 19.9 Å². The predicted molar refractivity (Wildman–Crippen MR) is 240 cm³/mol. The molecule has 0 amide bonds. The Balaban J connectivity index is 0.00000216. The molecule has 2 aliphatic heterocycles. The zero-order valence-corrected chi connectivity index (χ0v) is 47.7. The molecule has 0 aliphatic carbocycles. The maximum atomic E-state index is 12.0. The fraction of sp³-hybridized carbons (Fsp3) is 0. The Morgan fingerprint density at radius 1 is 0.294 bits per heavy atom. The Labute approximate surface area is 478 Å². The van der Waals surface area contributed by atoms with Gasteiger partial charge in [-0.1, -0.05) is 48.5 Å². The molecule has 68 heavy (non-hydrogen) atoms. The summed E-state index contributed by atoms with van der Waals surface area (Å²) in [5.41, 5.74) is 7.41. The molecule has 2 aliphatic rings. The van der Waals surface area contributed by atoms with Crippen LogP contribution >= 0.6 is 0 Å². The van der Waals surface area contributed by atoms with Crippen LogP contribution < -0.4 is 118 Å². The molecule has 8 bridgehead atoms. The molecule has 322 valence electrons. The van der Waals surface area contributed by atoms with Crippen molar-refractivity contribution in [1.29, 1.82) is 0 Å². The third-order valence-corrected chi connectivity index (χ3v) is 14.0. The molecule has 4 aromatic carbocycles. The number of fused-ring (bicyclic) bond motifs is 8. The second-order valence-corrected chi connectivity index (χ2v) is 20.2. The Kier molecular flexibility index (Phi) is 17.7. The van der Waals surface area contributed by atoms with Gasteiger partial charge in [-0.15, -0.1) is 0 Å². The molecule has 24 heteroatoms.